The molecule has 1 spiro atoms. The number of β-lactam (4-membered cyclic amide) rings is 1. The maximum Gasteiger partial charge on any atom is 0.408 e. The zero-order chi connectivity index (χ0) is 15.9. The van der Waals surface area contributed by atoms with Crippen molar-refractivity contribution in [3.63, 3.8) is 0 Å². The van der Waals surface area contributed by atoms with Gasteiger partial charge in [-0.15, -0.1) is 0 Å². The second kappa shape index (κ2) is 5.01. The summed E-state index contributed by atoms with van der Waals surface area (Å²) in [5.41, 5.74) is -0.245. The van der Waals surface area contributed by atoms with Gasteiger partial charge in [-0.2, -0.15) is 0 Å². The van der Waals surface area contributed by atoms with Gasteiger partial charge in [0.2, 0.25) is 0 Å². The summed E-state index contributed by atoms with van der Waals surface area (Å²) in [4.78, 5) is 37.7. The number of carbonyl (C=O) groups excluding carboxylic acids is 2. The van der Waals surface area contributed by atoms with Crippen LogP contribution in [0.3, 0.4) is 0 Å². The first kappa shape index (κ1) is 14.4. The van der Waals surface area contributed by atoms with Crippen LogP contribution in [0.4, 0.5) is 4.79 Å². The quantitative estimate of drug-likeness (QED) is 0.832. The van der Waals surface area contributed by atoms with Crippen molar-refractivity contribution in [1.82, 2.24) is 9.80 Å². The third kappa shape index (κ3) is 2.09. The summed E-state index contributed by atoms with van der Waals surface area (Å²) in [5.74, 6) is 0.227. The summed E-state index contributed by atoms with van der Waals surface area (Å²) in [6.07, 6.45) is -1.24. The number of hydrogen-bond acceptors (Lipinski definition) is 4. The molecule has 22 heavy (non-hydrogen) atoms. The van der Waals surface area contributed by atoms with Crippen molar-refractivity contribution < 1.29 is 24.2 Å². The smallest absolute Gasteiger partial charge is 0.408 e. The number of likely N-dealkylation sites (tertiary alicyclic amines) is 2. The van der Waals surface area contributed by atoms with Crippen LogP contribution in [0.2, 0.25) is 0 Å². The van der Waals surface area contributed by atoms with Crippen molar-refractivity contribution in [3.8, 4) is 5.75 Å². The number of hydrogen-bond donors (Lipinski definition) is 1. The van der Waals surface area contributed by atoms with Crippen LogP contribution in [0.15, 0.2) is 24.3 Å². The van der Waals surface area contributed by atoms with E-state index >= 15 is 0 Å². The van der Waals surface area contributed by atoms with E-state index in [4.69, 9.17) is 4.74 Å². The van der Waals surface area contributed by atoms with E-state index in [0.717, 1.165) is 16.2 Å². The molecule has 3 rings (SSSR count). The molecule has 7 heteroatoms. The molecule has 1 aromatic carbocycles. The minimum absolute atomic E-state index is 0.0166. The molecule has 2 aliphatic heterocycles. The molecule has 2 heterocycles. The van der Waals surface area contributed by atoms with Gasteiger partial charge >= 0.3 is 6.09 Å². The van der Waals surface area contributed by atoms with Crippen LogP contribution >= 0.6 is 0 Å². The van der Waals surface area contributed by atoms with Gasteiger partial charge in [0.1, 0.15) is 11.3 Å². The first-order valence-corrected chi connectivity index (χ1v) is 6.91. The molecular formula is C15H16N2O5. The van der Waals surface area contributed by atoms with Crippen LogP contribution in [-0.2, 0) is 16.1 Å². The monoisotopic (exact) mass is 304 g/mol. The number of ketones is 1. The molecule has 2 saturated heterocycles. The summed E-state index contributed by atoms with van der Waals surface area (Å²) < 4.78 is 5.07. The number of rotatable bonds is 3. The maximum absolute atomic E-state index is 12.4. The van der Waals surface area contributed by atoms with E-state index in [0.29, 0.717) is 6.54 Å². The summed E-state index contributed by atoms with van der Waals surface area (Å²) in [7, 11) is 1.58. The van der Waals surface area contributed by atoms with Crippen molar-refractivity contribution in [2.24, 2.45) is 0 Å². The number of ether oxygens (including phenoxy) is 1. The highest BCUT2D eigenvalue weighted by Gasteiger charge is 2.62. The fourth-order valence-corrected chi connectivity index (χ4v) is 3.13. The van der Waals surface area contributed by atoms with Crippen LogP contribution < -0.4 is 4.74 Å². The molecule has 116 valence electrons. The Morgan fingerprint density at radius 2 is 2.00 bits per heavy atom. The minimum Gasteiger partial charge on any atom is -0.497 e. The maximum atomic E-state index is 12.4. The van der Waals surface area contributed by atoms with Gasteiger partial charge in [-0.3, -0.25) is 14.5 Å². The highest BCUT2D eigenvalue weighted by molar-refractivity contribution is 6.04. The Morgan fingerprint density at radius 3 is 2.55 bits per heavy atom. The SMILES string of the molecule is COc1ccc(CN2CC3(CC(=O)CN3C(=O)O)C2=O)cc1. The third-order valence-electron chi connectivity index (χ3n) is 4.24. The third-order valence-corrected chi connectivity index (χ3v) is 4.24. The normalized spacial score (nSPS) is 23.9. The molecule has 1 atom stereocenters. The molecule has 0 aliphatic carbocycles. The van der Waals surface area contributed by atoms with E-state index in [1.165, 1.54) is 0 Å². The average Bonchev–Trinajstić information content (AvgIpc) is 2.87. The average molecular weight is 304 g/mol. The number of benzene rings is 1. The number of carboxylic acid groups (broad SMARTS) is 1. The Labute approximate surface area is 127 Å². The Hall–Kier alpha value is -2.57. The zero-order valence-electron chi connectivity index (χ0n) is 12.1. The molecule has 2 fully saturated rings. The minimum atomic E-state index is -1.22. The number of amides is 2. The molecule has 1 N–H and O–H groups in total. The van der Waals surface area contributed by atoms with Crippen molar-refractivity contribution in [1.29, 1.82) is 0 Å². The Kier molecular flexibility index (Phi) is 3.27. The highest BCUT2D eigenvalue weighted by Crippen LogP contribution is 2.38. The lowest BCUT2D eigenvalue weighted by molar-refractivity contribution is -0.160. The predicted molar refractivity (Wildman–Crippen MR) is 75.5 cm³/mol. The summed E-state index contributed by atoms with van der Waals surface area (Å²) >= 11 is 0. The number of Topliss-reactive ketones (excluding diaryl/α,β-unsaturated/α-hetero) is 1. The number of nitrogens with zero attached hydrogens (tertiary/aromatic N) is 2. The van der Waals surface area contributed by atoms with Gasteiger partial charge in [0.25, 0.3) is 5.91 Å². The van der Waals surface area contributed by atoms with Crippen LogP contribution in [0.5, 0.6) is 5.75 Å². The molecule has 0 saturated carbocycles. The highest BCUT2D eigenvalue weighted by atomic mass is 16.5. The molecule has 1 unspecified atom stereocenters. The van der Waals surface area contributed by atoms with Crippen LogP contribution in [0.25, 0.3) is 0 Å². The van der Waals surface area contributed by atoms with Crippen LogP contribution in [0, 0.1) is 0 Å². The first-order valence-electron chi connectivity index (χ1n) is 6.91. The van der Waals surface area contributed by atoms with Gasteiger partial charge < -0.3 is 14.7 Å². The van der Waals surface area contributed by atoms with Gasteiger partial charge in [0.05, 0.1) is 20.2 Å². The second-order valence-electron chi connectivity index (χ2n) is 5.63. The zero-order valence-corrected chi connectivity index (χ0v) is 12.1. The van der Waals surface area contributed by atoms with Crippen molar-refractivity contribution >= 4 is 17.8 Å². The topological polar surface area (TPSA) is 87.2 Å². The Morgan fingerprint density at radius 1 is 1.32 bits per heavy atom. The number of carbonyl (C=O) groups is 3. The molecule has 2 aliphatic rings. The van der Waals surface area contributed by atoms with Crippen LogP contribution in [0.1, 0.15) is 12.0 Å². The molecule has 1 aromatic rings. The lowest BCUT2D eigenvalue weighted by Crippen LogP contribution is -2.72. The molecule has 7 nitrogen and oxygen atoms in total. The summed E-state index contributed by atoms with van der Waals surface area (Å²) in [6.45, 7) is 0.458. The van der Waals surface area contributed by atoms with E-state index in [1.54, 1.807) is 24.1 Å². The van der Waals surface area contributed by atoms with Crippen molar-refractivity contribution in [3.05, 3.63) is 29.8 Å². The fraction of sp³-hybridized carbons (Fsp3) is 0.400. The van der Waals surface area contributed by atoms with E-state index in [9.17, 15) is 19.5 Å². The van der Waals surface area contributed by atoms with Gasteiger partial charge in [-0.1, -0.05) is 12.1 Å². The van der Waals surface area contributed by atoms with Gasteiger partial charge in [0.15, 0.2) is 5.78 Å². The van der Waals surface area contributed by atoms with E-state index in [-0.39, 0.29) is 31.2 Å². The van der Waals surface area contributed by atoms with Gasteiger partial charge in [-0.25, -0.2) is 4.79 Å². The second-order valence-corrected chi connectivity index (χ2v) is 5.63. The molecule has 0 radical (unpaired) electrons. The molecule has 2 amide bonds. The lowest BCUT2D eigenvalue weighted by Gasteiger charge is -2.49. The Balaban J connectivity index is 1.71. The van der Waals surface area contributed by atoms with E-state index < -0.39 is 11.6 Å². The summed E-state index contributed by atoms with van der Waals surface area (Å²) in [5, 5.41) is 9.17. The predicted octanol–water partition coefficient (Wildman–Crippen LogP) is 0.729. The number of methoxy groups -OCH3 is 1. The van der Waals surface area contributed by atoms with Gasteiger partial charge in [0, 0.05) is 13.0 Å². The van der Waals surface area contributed by atoms with Gasteiger partial charge in [-0.05, 0) is 17.7 Å². The van der Waals surface area contributed by atoms with Crippen molar-refractivity contribution in [2.45, 2.75) is 18.5 Å². The molecule has 0 bridgehead atoms. The Bertz CT molecular complexity index is 642. The van der Waals surface area contributed by atoms with Crippen molar-refractivity contribution in [2.75, 3.05) is 20.2 Å². The molecule has 0 aromatic heterocycles. The molecular weight excluding hydrogens is 288 g/mol. The summed E-state index contributed by atoms with van der Waals surface area (Å²) in [6, 6.07) is 7.31. The first-order chi connectivity index (χ1) is 10.5. The fourth-order valence-electron chi connectivity index (χ4n) is 3.13. The largest absolute Gasteiger partial charge is 0.497 e. The van der Waals surface area contributed by atoms with Crippen LogP contribution in [-0.4, -0.2) is 58.4 Å². The van der Waals surface area contributed by atoms with E-state index in [1.807, 2.05) is 12.1 Å². The van der Waals surface area contributed by atoms with E-state index in [2.05, 4.69) is 0 Å². The standard InChI is InChI=1S/C15H16N2O5/c1-22-12-4-2-10(3-5-12)7-16-9-15(13(16)19)6-11(18)8-17(15)14(20)21/h2-5H,6-9H2,1H3,(H,20,21). The lowest BCUT2D eigenvalue weighted by atomic mass is 9.85.